The van der Waals surface area contributed by atoms with E-state index in [9.17, 15) is 14.7 Å². The second-order valence-corrected chi connectivity index (χ2v) is 6.35. The Kier molecular flexibility index (Phi) is 3.31. The van der Waals surface area contributed by atoms with E-state index in [1.165, 1.54) is 25.6 Å². The van der Waals surface area contributed by atoms with E-state index in [1.54, 1.807) is 11.6 Å². The summed E-state index contributed by atoms with van der Waals surface area (Å²) >= 11 is 0. The molecule has 0 aliphatic carbocycles. The minimum Gasteiger partial charge on any atom is -0.346 e. The van der Waals surface area contributed by atoms with Gasteiger partial charge in [0.2, 0.25) is 0 Å². The van der Waals surface area contributed by atoms with E-state index in [2.05, 4.69) is 0 Å². The Bertz CT molecular complexity index is 420. The van der Waals surface area contributed by atoms with Gasteiger partial charge < -0.3 is 9.09 Å². The van der Waals surface area contributed by atoms with Crippen LogP contribution in [0.5, 0.6) is 0 Å². The van der Waals surface area contributed by atoms with Gasteiger partial charge in [-0.3, -0.25) is 14.7 Å². The summed E-state index contributed by atoms with van der Waals surface area (Å²) in [5.41, 5.74) is 0.642. The Balaban J connectivity index is 2.78. The summed E-state index contributed by atoms with van der Waals surface area (Å²) < 4.78 is 18.0. The van der Waals surface area contributed by atoms with Gasteiger partial charge in [0.1, 0.15) is 0 Å². The summed E-state index contributed by atoms with van der Waals surface area (Å²) in [6.45, 7) is 3.13. The van der Waals surface area contributed by atoms with Gasteiger partial charge in [0.25, 0.3) is 5.69 Å². The molecule has 6 nitrogen and oxygen atoms in total. The Hall–Kier alpha value is -1.13. The zero-order valence-corrected chi connectivity index (χ0v) is 9.73. The summed E-state index contributed by atoms with van der Waals surface area (Å²) in [5, 5.41) is 10.5. The van der Waals surface area contributed by atoms with Crippen molar-refractivity contribution in [3.05, 3.63) is 28.1 Å². The van der Waals surface area contributed by atoms with Crippen LogP contribution >= 0.6 is 7.37 Å². The molecular formula is C8H13N2O4P. The lowest BCUT2D eigenvalue weighted by Crippen LogP contribution is -1.96. The first-order valence-electron chi connectivity index (χ1n) is 4.29. The third-order valence-electron chi connectivity index (χ3n) is 1.83. The van der Waals surface area contributed by atoms with Crippen molar-refractivity contribution in [1.29, 1.82) is 0 Å². The van der Waals surface area contributed by atoms with E-state index >= 15 is 0 Å². The summed E-state index contributed by atoms with van der Waals surface area (Å²) in [5.74, 6) is 0. The average molecular weight is 232 g/mol. The Morgan fingerprint density at radius 3 is 2.60 bits per heavy atom. The highest BCUT2D eigenvalue weighted by atomic mass is 31.2. The molecular weight excluding hydrogens is 219 g/mol. The van der Waals surface area contributed by atoms with Gasteiger partial charge in [0, 0.05) is 26.4 Å². The summed E-state index contributed by atoms with van der Waals surface area (Å²) in [6, 6.07) is 1.41. The molecule has 84 valence electrons. The highest BCUT2D eigenvalue weighted by Gasteiger charge is 2.14. The quantitative estimate of drug-likeness (QED) is 0.452. The molecule has 0 aromatic carbocycles. The predicted molar refractivity (Wildman–Crippen MR) is 56.3 cm³/mol. The minimum absolute atomic E-state index is 0.0122. The van der Waals surface area contributed by atoms with Crippen molar-refractivity contribution >= 4 is 13.1 Å². The first kappa shape index (κ1) is 11.9. The SMILES string of the molecule is Cn1cc([N+](=O)[O-])cc1COP(C)(C)=O. The maximum Gasteiger partial charge on any atom is 0.287 e. The summed E-state index contributed by atoms with van der Waals surface area (Å²) in [4.78, 5) is 9.99. The van der Waals surface area contributed by atoms with Gasteiger partial charge in [-0.1, -0.05) is 0 Å². The molecule has 0 aliphatic rings. The first-order chi connectivity index (χ1) is 6.79. The number of nitro groups is 1. The molecule has 0 unspecified atom stereocenters. The maximum absolute atomic E-state index is 11.3. The second kappa shape index (κ2) is 4.16. The predicted octanol–water partition coefficient (Wildman–Crippen LogP) is 1.99. The molecule has 1 aromatic rings. The van der Waals surface area contributed by atoms with Gasteiger partial charge in [-0.15, -0.1) is 0 Å². The lowest BCUT2D eigenvalue weighted by atomic mass is 10.4. The fourth-order valence-corrected chi connectivity index (χ4v) is 1.50. The van der Waals surface area contributed by atoms with Crippen LogP contribution in [0.15, 0.2) is 12.3 Å². The molecule has 0 saturated carbocycles. The van der Waals surface area contributed by atoms with Crippen LogP contribution in [0.1, 0.15) is 5.69 Å². The van der Waals surface area contributed by atoms with Gasteiger partial charge in [-0.05, 0) is 0 Å². The summed E-state index contributed by atoms with van der Waals surface area (Å²) in [7, 11) is -0.866. The van der Waals surface area contributed by atoms with Crippen molar-refractivity contribution in [2.45, 2.75) is 6.61 Å². The normalized spacial score (nSPS) is 11.7. The third-order valence-corrected chi connectivity index (χ3v) is 2.58. The Morgan fingerprint density at radius 2 is 2.20 bits per heavy atom. The van der Waals surface area contributed by atoms with Crippen LogP contribution in [-0.4, -0.2) is 22.8 Å². The van der Waals surface area contributed by atoms with Gasteiger partial charge in [0.05, 0.1) is 23.4 Å². The third kappa shape index (κ3) is 3.49. The number of aryl methyl sites for hydroxylation is 1. The number of rotatable bonds is 4. The van der Waals surface area contributed by atoms with E-state index in [0.717, 1.165) is 0 Å². The zero-order valence-electron chi connectivity index (χ0n) is 8.84. The van der Waals surface area contributed by atoms with E-state index in [0.29, 0.717) is 5.69 Å². The van der Waals surface area contributed by atoms with Crippen LogP contribution in [0, 0.1) is 10.1 Å². The van der Waals surface area contributed by atoms with Crippen LogP contribution in [0.2, 0.25) is 0 Å². The smallest absolute Gasteiger partial charge is 0.287 e. The van der Waals surface area contributed by atoms with Crippen LogP contribution in [-0.2, 0) is 22.7 Å². The number of hydrogen-bond acceptors (Lipinski definition) is 4. The van der Waals surface area contributed by atoms with Crippen molar-refractivity contribution in [2.24, 2.45) is 7.05 Å². The first-order valence-corrected chi connectivity index (χ1v) is 6.80. The van der Waals surface area contributed by atoms with Gasteiger partial charge in [-0.25, -0.2) is 0 Å². The van der Waals surface area contributed by atoms with E-state index in [1.807, 2.05) is 0 Å². The number of nitrogens with zero attached hydrogens (tertiary/aromatic N) is 2. The largest absolute Gasteiger partial charge is 0.346 e. The van der Waals surface area contributed by atoms with Crippen LogP contribution in [0.3, 0.4) is 0 Å². The van der Waals surface area contributed by atoms with Crippen molar-refractivity contribution in [1.82, 2.24) is 4.57 Å². The average Bonchev–Trinajstić information content (AvgIpc) is 2.42. The standard InChI is InChI=1S/C8H13N2O4P/c1-9-5-7(10(11)12)4-8(9)6-14-15(2,3)13/h4-5H,6H2,1-3H3. The van der Waals surface area contributed by atoms with Crippen molar-refractivity contribution in [2.75, 3.05) is 13.3 Å². The zero-order chi connectivity index (χ0) is 11.6. The molecule has 1 heterocycles. The van der Waals surface area contributed by atoms with E-state index in [-0.39, 0.29) is 12.3 Å². The molecule has 1 rings (SSSR count). The molecule has 0 atom stereocenters. The second-order valence-electron chi connectivity index (χ2n) is 3.58. The molecule has 15 heavy (non-hydrogen) atoms. The Morgan fingerprint density at radius 1 is 1.60 bits per heavy atom. The van der Waals surface area contributed by atoms with Crippen LogP contribution in [0.4, 0.5) is 5.69 Å². The van der Waals surface area contributed by atoms with E-state index in [4.69, 9.17) is 4.52 Å². The van der Waals surface area contributed by atoms with Crippen molar-refractivity contribution < 1.29 is 14.0 Å². The topological polar surface area (TPSA) is 74.4 Å². The highest BCUT2D eigenvalue weighted by Crippen LogP contribution is 2.38. The van der Waals surface area contributed by atoms with E-state index < -0.39 is 12.3 Å². The summed E-state index contributed by atoms with van der Waals surface area (Å²) in [6.07, 6.45) is 1.40. The van der Waals surface area contributed by atoms with Crippen LogP contribution < -0.4 is 0 Å². The molecule has 0 amide bonds. The molecule has 0 radical (unpaired) electrons. The fraction of sp³-hybridized carbons (Fsp3) is 0.500. The molecule has 1 aromatic heterocycles. The van der Waals surface area contributed by atoms with Crippen molar-refractivity contribution in [3.8, 4) is 0 Å². The molecule has 7 heteroatoms. The molecule has 0 spiro atoms. The molecule has 0 saturated heterocycles. The molecule has 0 aliphatic heterocycles. The molecule has 0 fully saturated rings. The highest BCUT2D eigenvalue weighted by molar-refractivity contribution is 7.57. The lowest BCUT2D eigenvalue weighted by Gasteiger charge is -2.08. The number of hydrogen-bond donors (Lipinski definition) is 0. The van der Waals surface area contributed by atoms with Gasteiger partial charge in [-0.2, -0.15) is 0 Å². The van der Waals surface area contributed by atoms with Gasteiger partial charge >= 0.3 is 0 Å². The molecule has 0 bridgehead atoms. The maximum atomic E-state index is 11.3. The fourth-order valence-electron chi connectivity index (χ4n) is 1.06. The van der Waals surface area contributed by atoms with Gasteiger partial charge in [0.15, 0.2) is 7.37 Å². The minimum atomic E-state index is -2.55. The lowest BCUT2D eigenvalue weighted by molar-refractivity contribution is -0.384. The Labute approximate surface area is 87.5 Å². The monoisotopic (exact) mass is 232 g/mol. The van der Waals surface area contributed by atoms with Crippen LogP contribution in [0.25, 0.3) is 0 Å². The number of aromatic nitrogens is 1. The molecule has 0 N–H and O–H groups in total. The van der Waals surface area contributed by atoms with Crippen molar-refractivity contribution in [3.63, 3.8) is 0 Å².